The van der Waals surface area contributed by atoms with Crippen LogP contribution in [0, 0.1) is 0 Å². The zero-order valence-electron chi connectivity index (χ0n) is 36.8. The lowest BCUT2D eigenvalue weighted by Crippen LogP contribution is -2.62. The van der Waals surface area contributed by atoms with Crippen LogP contribution in [0.4, 0.5) is 13.2 Å². The standard InChI is InChI=1S/C18H21F3N4O10.C18H24N4O10/c1-7(26)32-6-12(33-8(2)27)14(34-9(3)28)15-13(23-17(30)18(19,20)21)10(24-25-22)5-11(35-15)16(29)31-4;1-8(23)20-15-12(21-22-19)6-13(18(27)28-5)32-17(15)16(31-11(4)26)14(30-10(3)25)7-29-9(2)24/h5,10,12-15H,6H2,1-4H3,(H,23,30);6,12,14-17H,7H2,1-5H3,(H,20,23)/t10-,12+,13+,14+,15+;12-,14+,15+,16+,17+/m00/s1. The van der Waals surface area contributed by atoms with Crippen molar-refractivity contribution in [3.05, 3.63) is 44.6 Å². The molecule has 31 heteroatoms. The van der Waals surface area contributed by atoms with Crippen LogP contribution in [0.1, 0.15) is 48.5 Å². The van der Waals surface area contributed by atoms with E-state index in [1.165, 1.54) is 6.92 Å². The summed E-state index contributed by atoms with van der Waals surface area (Å²) >= 11 is 0. The molecule has 0 aliphatic carbocycles. The van der Waals surface area contributed by atoms with E-state index in [4.69, 9.17) is 49.0 Å². The van der Waals surface area contributed by atoms with Crippen LogP contribution in [0.5, 0.6) is 0 Å². The third kappa shape index (κ3) is 19.1. The second-order valence-electron chi connectivity index (χ2n) is 13.4. The number of nitrogens with one attached hydrogen (secondary N) is 2. The maximum absolute atomic E-state index is 13.0. The molecule has 0 bridgehead atoms. The van der Waals surface area contributed by atoms with E-state index in [-0.39, 0.29) is 0 Å². The van der Waals surface area contributed by atoms with E-state index < -0.39 is 151 Å². The van der Waals surface area contributed by atoms with Gasteiger partial charge in [0.25, 0.3) is 0 Å². The Morgan fingerprint density at radius 2 is 0.955 bits per heavy atom. The van der Waals surface area contributed by atoms with Gasteiger partial charge in [-0.1, -0.05) is 10.2 Å². The molecule has 2 amide bonds. The lowest BCUT2D eigenvalue weighted by molar-refractivity contribution is -0.190. The largest absolute Gasteiger partial charge is 0.477 e. The number of carbonyl (C=O) groups excluding carboxylic acids is 10. The van der Waals surface area contributed by atoms with Gasteiger partial charge in [0, 0.05) is 58.3 Å². The van der Waals surface area contributed by atoms with Gasteiger partial charge in [-0.05, 0) is 23.2 Å². The van der Waals surface area contributed by atoms with E-state index in [9.17, 15) is 61.1 Å². The fourth-order valence-electron chi connectivity index (χ4n) is 5.84. The minimum Gasteiger partial charge on any atom is -0.477 e. The topological polar surface area (TPSA) is 385 Å². The van der Waals surface area contributed by atoms with Gasteiger partial charge in [-0.3, -0.25) is 38.4 Å². The summed E-state index contributed by atoms with van der Waals surface area (Å²) in [6.45, 7) is 5.91. The number of amides is 2. The number of methoxy groups -OCH3 is 2. The van der Waals surface area contributed by atoms with Crippen LogP contribution in [0.3, 0.4) is 0 Å². The number of alkyl halides is 3. The molecule has 0 radical (unpaired) electrons. The van der Waals surface area contributed by atoms with Gasteiger partial charge in [-0.15, -0.1) is 0 Å². The first-order valence-corrected chi connectivity index (χ1v) is 18.8. The van der Waals surface area contributed by atoms with E-state index in [0.29, 0.717) is 0 Å². The fourth-order valence-corrected chi connectivity index (χ4v) is 5.84. The lowest BCUT2D eigenvalue weighted by atomic mass is 9.92. The van der Waals surface area contributed by atoms with Crippen molar-refractivity contribution in [2.24, 2.45) is 10.2 Å². The predicted octanol–water partition coefficient (Wildman–Crippen LogP) is 0.647. The van der Waals surface area contributed by atoms with Crippen molar-refractivity contribution in [3.63, 3.8) is 0 Å². The van der Waals surface area contributed by atoms with Gasteiger partial charge < -0.3 is 58.0 Å². The van der Waals surface area contributed by atoms with Gasteiger partial charge in [0.15, 0.2) is 36.6 Å². The summed E-state index contributed by atoms with van der Waals surface area (Å²) in [6.07, 6.45) is -13.3. The Kier molecular flexibility index (Phi) is 22.9. The first-order valence-electron chi connectivity index (χ1n) is 18.8. The summed E-state index contributed by atoms with van der Waals surface area (Å²) in [7, 11) is 2.02. The highest BCUT2D eigenvalue weighted by Crippen LogP contribution is 2.31. The van der Waals surface area contributed by atoms with Crippen molar-refractivity contribution in [1.29, 1.82) is 0 Å². The summed E-state index contributed by atoms with van der Waals surface area (Å²) in [5.74, 6) is -11.5. The Balaban J connectivity index is 0.000000673. The maximum Gasteiger partial charge on any atom is 0.471 e. The molecule has 2 rings (SSSR count). The molecule has 2 N–H and O–H groups in total. The molecule has 0 aromatic rings. The monoisotopic (exact) mass is 966 g/mol. The molecule has 10 atom stereocenters. The van der Waals surface area contributed by atoms with Gasteiger partial charge in [0.1, 0.15) is 13.2 Å². The highest BCUT2D eigenvalue weighted by atomic mass is 19.4. The van der Waals surface area contributed by atoms with Gasteiger partial charge >= 0.3 is 59.8 Å². The summed E-state index contributed by atoms with van der Waals surface area (Å²) in [4.78, 5) is 122. The van der Waals surface area contributed by atoms with Crippen LogP contribution < -0.4 is 10.6 Å². The number of halogens is 3. The highest BCUT2D eigenvalue weighted by molar-refractivity contribution is 5.87. The number of esters is 8. The molecule has 67 heavy (non-hydrogen) atoms. The quantitative estimate of drug-likeness (QED) is 0.0626. The molecule has 0 saturated heterocycles. The summed E-state index contributed by atoms with van der Waals surface area (Å²) in [5, 5.41) is 10.9. The molecule has 0 fully saturated rings. The van der Waals surface area contributed by atoms with Crippen molar-refractivity contribution in [3.8, 4) is 0 Å². The number of rotatable bonds is 18. The molecular formula is C36H45F3N8O20. The molecule has 2 heterocycles. The van der Waals surface area contributed by atoms with Crippen molar-refractivity contribution in [1.82, 2.24) is 10.6 Å². The highest BCUT2D eigenvalue weighted by Gasteiger charge is 2.51. The second kappa shape index (κ2) is 26.9. The van der Waals surface area contributed by atoms with Gasteiger partial charge in [-0.2, -0.15) is 13.2 Å². The Bertz CT molecular complexity index is 2050. The molecular weight excluding hydrogens is 921 g/mol. The van der Waals surface area contributed by atoms with Crippen molar-refractivity contribution in [2.75, 3.05) is 27.4 Å². The Hall–Kier alpha value is -7.81. The van der Waals surface area contributed by atoms with Crippen LogP contribution in [0.25, 0.3) is 20.9 Å². The number of ether oxygens (including phenoxy) is 10. The number of hydrogen-bond acceptors (Lipinski definition) is 22. The zero-order chi connectivity index (χ0) is 51.3. The van der Waals surface area contributed by atoms with Crippen LogP contribution in [0.15, 0.2) is 33.9 Å². The van der Waals surface area contributed by atoms with Crippen molar-refractivity contribution >= 4 is 59.6 Å². The maximum atomic E-state index is 13.0. The molecule has 370 valence electrons. The van der Waals surface area contributed by atoms with Crippen LogP contribution in [-0.2, 0) is 95.3 Å². The van der Waals surface area contributed by atoms with E-state index >= 15 is 0 Å². The van der Waals surface area contributed by atoms with E-state index in [2.05, 4.69) is 34.8 Å². The Labute approximate surface area is 376 Å². The minimum atomic E-state index is -5.40. The molecule has 2 aliphatic heterocycles. The third-order valence-corrected chi connectivity index (χ3v) is 8.20. The first-order chi connectivity index (χ1) is 31.2. The number of hydrogen-bond donors (Lipinski definition) is 2. The zero-order valence-corrected chi connectivity index (χ0v) is 36.8. The van der Waals surface area contributed by atoms with E-state index in [0.717, 1.165) is 67.9 Å². The predicted molar refractivity (Wildman–Crippen MR) is 207 cm³/mol. The van der Waals surface area contributed by atoms with Gasteiger partial charge in [-0.25, -0.2) is 9.59 Å². The molecule has 0 aromatic heterocycles. The van der Waals surface area contributed by atoms with Crippen molar-refractivity contribution < 1.29 is 108 Å². The van der Waals surface area contributed by atoms with Gasteiger partial charge in [0.2, 0.25) is 17.4 Å². The van der Waals surface area contributed by atoms with E-state index in [1.807, 2.05) is 0 Å². The van der Waals surface area contributed by atoms with Crippen LogP contribution >= 0.6 is 0 Å². The normalized spacial score (nSPS) is 21.1. The lowest BCUT2D eigenvalue weighted by Gasteiger charge is -2.40. The number of nitrogens with zero attached hydrogens (tertiary/aromatic N) is 6. The first kappa shape index (κ1) is 57.2. The molecule has 0 saturated carbocycles. The van der Waals surface area contributed by atoms with Crippen LogP contribution in [-0.4, -0.2) is 154 Å². The number of azide groups is 2. The summed E-state index contributed by atoms with van der Waals surface area (Å²) in [5.41, 5.74) is 17.8. The Morgan fingerprint density at radius 1 is 0.612 bits per heavy atom. The SMILES string of the molecule is COC(=O)C1=C[C@H](N=[N+]=[N-])[C@@H](NC(=O)C(F)(F)F)[C@H]([C@H](OC(C)=O)[C@@H](COC(C)=O)OC(C)=O)O1.COC(=O)C1=C[C@H](N=[N+]=[N-])[C@@H](NC(C)=O)[C@H]([C@H](OC(C)=O)[C@@H](COC(C)=O)OC(C)=O)O1. The fraction of sp³-hybridized carbons (Fsp3) is 0.611. The van der Waals surface area contributed by atoms with E-state index in [1.54, 1.807) is 5.32 Å². The molecule has 0 spiro atoms. The average Bonchev–Trinajstić information content (AvgIpc) is 3.22. The molecule has 2 aliphatic rings. The molecule has 0 unspecified atom stereocenters. The van der Waals surface area contributed by atoms with Gasteiger partial charge in [0.05, 0.1) is 38.4 Å². The average molecular weight is 967 g/mol. The minimum absolute atomic E-state index is 0.400. The van der Waals surface area contributed by atoms with Crippen molar-refractivity contribution in [2.45, 2.75) is 115 Å². The third-order valence-electron chi connectivity index (χ3n) is 8.20. The summed E-state index contributed by atoms with van der Waals surface area (Å²) < 4.78 is 89.4. The Morgan fingerprint density at radius 3 is 1.22 bits per heavy atom. The number of carbonyl (C=O) groups is 10. The summed E-state index contributed by atoms with van der Waals surface area (Å²) in [6, 6.07) is -5.98. The second-order valence-corrected chi connectivity index (χ2v) is 13.4. The molecule has 0 aromatic carbocycles. The molecule has 28 nitrogen and oxygen atoms in total. The smallest absolute Gasteiger partial charge is 0.471 e. The van der Waals surface area contributed by atoms with Crippen LogP contribution in [0.2, 0.25) is 0 Å².